The minimum atomic E-state index is -2.15. The average molecular weight is 701 g/mol. The lowest BCUT2D eigenvalue weighted by atomic mass is 9.95. The van der Waals surface area contributed by atoms with Crippen molar-refractivity contribution < 1.29 is 103 Å². The number of carbonyl (C=O) groups is 1. The highest BCUT2D eigenvalue weighted by Crippen LogP contribution is 2.41. The van der Waals surface area contributed by atoms with Gasteiger partial charge >= 0.3 is 5.97 Å². The van der Waals surface area contributed by atoms with Crippen molar-refractivity contribution in [3.8, 4) is 0 Å². The van der Waals surface area contributed by atoms with Crippen molar-refractivity contribution >= 4 is 5.97 Å². The predicted molar refractivity (Wildman–Crippen MR) is 141 cm³/mol. The molecule has 0 aromatic rings. The van der Waals surface area contributed by atoms with E-state index in [4.69, 9.17) is 52.1 Å². The highest BCUT2D eigenvalue weighted by Gasteiger charge is 2.61. The van der Waals surface area contributed by atoms with Crippen LogP contribution in [0.3, 0.4) is 0 Å². The van der Waals surface area contributed by atoms with Gasteiger partial charge in [-0.3, -0.25) is 0 Å². The number of rotatable bonds is 8. The van der Waals surface area contributed by atoms with Crippen LogP contribution in [-0.2, 0) is 56.9 Å². The number of hydrogen-bond donors (Lipinski definition) is 9. The molecule has 274 valence electrons. The molecule has 21 atom stereocenters. The SMILES string of the molecule is CC1(C(=O)O)OC[C@H]2O[C@@H](O[C@H]3[C@H]4OC[C@@H]3O[C@@H](O[C@H]3[C@@H](O)[C@@H](CO)OC(O)[C@@H]3O)[C@H]4O)[C@H](O)[C@@H](O[C@@H]3O[C@H]4CO[C@@H]([C@@H]3O)[C@@H]4O)[C@H]2O1. The minimum Gasteiger partial charge on any atom is -0.477 e. The number of carboxylic acids is 1. The van der Waals surface area contributed by atoms with E-state index in [9.17, 15) is 50.8 Å². The quantitative estimate of drug-likeness (QED) is 0.114. The number of ether oxygens (including phenoxy) is 11. The van der Waals surface area contributed by atoms with Crippen molar-refractivity contribution in [2.75, 3.05) is 26.4 Å². The van der Waals surface area contributed by atoms with Gasteiger partial charge in [-0.25, -0.2) is 4.79 Å². The van der Waals surface area contributed by atoms with E-state index < -0.39 is 141 Å². The van der Waals surface area contributed by atoms with Crippen LogP contribution in [0, 0.1) is 0 Å². The van der Waals surface area contributed by atoms with E-state index in [2.05, 4.69) is 0 Å². The Morgan fingerprint density at radius 1 is 0.646 bits per heavy atom. The zero-order valence-corrected chi connectivity index (χ0v) is 25.3. The molecule has 9 N–H and O–H groups in total. The van der Waals surface area contributed by atoms with Crippen LogP contribution in [0.25, 0.3) is 0 Å². The monoisotopic (exact) mass is 700 g/mol. The molecule has 7 saturated heterocycles. The Bertz CT molecular complexity index is 1160. The lowest BCUT2D eigenvalue weighted by molar-refractivity contribution is -0.408. The Kier molecular flexibility index (Phi) is 9.77. The maximum Gasteiger partial charge on any atom is 0.364 e. The van der Waals surface area contributed by atoms with Gasteiger partial charge in [0.15, 0.2) is 25.2 Å². The normalized spacial score (nSPS) is 56.5. The number of aliphatic hydroxyl groups excluding tert-OH is 8. The van der Waals surface area contributed by atoms with Crippen molar-refractivity contribution in [1.82, 2.24) is 0 Å². The van der Waals surface area contributed by atoms with Crippen LogP contribution >= 0.6 is 0 Å². The van der Waals surface area contributed by atoms with Crippen LogP contribution in [0.2, 0.25) is 0 Å². The van der Waals surface area contributed by atoms with Gasteiger partial charge in [-0.15, -0.1) is 0 Å². The first-order valence-corrected chi connectivity index (χ1v) is 15.5. The lowest BCUT2D eigenvalue weighted by Gasteiger charge is -2.51. The summed E-state index contributed by atoms with van der Waals surface area (Å²) in [5.74, 6) is -3.61. The molecule has 7 aliphatic heterocycles. The van der Waals surface area contributed by atoms with E-state index in [-0.39, 0.29) is 19.8 Å². The maximum absolute atomic E-state index is 11.9. The summed E-state index contributed by atoms with van der Waals surface area (Å²) in [6.45, 7) is -0.0390. The van der Waals surface area contributed by atoms with Crippen LogP contribution in [0.1, 0.15) is 6.92 Å². The van der Waals surface area contributed by atoms with Gasteiger partial charge in [-0.2, -0.15) is 0 Å². The summed E-state index contributed by atoms with van der Waals surface area (Å²) < 4.78 is 62.4. The van der Waals surface area contributed by atoms with Crippen molar-refractivity contribution in [2.45, 2.75) is 136 Å². The van der Waals surface area contributed by atoms with Gasteiger partial charge in [0.25, 0.3) is 5.79 Å². The number of aliphatic hydroxyl groups is 8. The van der Waals surface area contributed by atoms with Crippen molar-refractivity contribution in [2.24, 2.45) is 0 Å². The third-order valence-electron chi connectivity index (χ3n) is 9.76. The fourth-order valence-corrected chi connectivity index (χ4v) is 7.04. The van der Waals surface area contributed by atoms with Gasteiger partial charge < -0.3 is 98.1 Å². The van der Waals surface area contributed by atoms with Crippen LogP contribution in [0.5, 0.6) is 0 Å². The Hall–Kier alpha value is -1.29. The van der Waals surface area contributed by atoms with E-state index in [1.54, 1.807) is 0 Å². The molecule has 2 unspecified atom stereocenters. The first-order chi connectivity index (χ1) is 22.8. The number of carboxylic acid groups (broad SMARTS) is 1. The fourth-order valence-electron chi connectivity index (χ4n) is 7.04. The Labute approximate surface area is 271 Å². The standard InChI is InChI=1S/C27H40O21/c1-27(26(36)37)40-5-9-17(48-27)21(47-23-13(32)18-11(30)7(42-23)3-38-18)15(34)25(44-9)45-16-8-4-39-20(16)14(33)24(43-8)46-19-10(29)6(2-28)41-22(35)12(19)31/h6-25,28-35H,2-5H2,1H3,(H,36,37)/t6-,7+,8+,9-,10+,11-,12-,13+,14+,15-,16-,17+,18-,19+,20+,21-,22?,23+,24+,25+,27?/m1/s1. The van der Waals surface area contributed by atoms with Crippen LogP contribution in [0.15, 0.2) is 0 Å². The molecule has 0 radical (unpaired) electrons. The molecule has 0 aromatic heterocycles. The Morgan fingerprint density at radius 2 is 1.23 bits per heavy atom. The third kappa shape index (κ3) is 5.96. The largest absolute Gasteiger partial charge is 0.477 e. The molecule has 21 nitrogen and oxygen atoms in total. The molecule has 7 aliphatic rings. The van der Waals surface area contributed by atoms with Gasteiger partial charge in [-0.05, 0) is 0 Å². The highest BCUT2D eigenvalue weighted by molar-refractivity contribution is 5.75. The van der Waals surface area contributed by atoms with E-state index in [0.717, 1.165) is 6.92 Å². The molecule has 21 heteroatoms. The summed E-state index contributed by atoms with van der Waals surface area (Å²) in [6.07, 6.45) is -27.4. The molecule has 0 spiro atoms. The van der Waals surface area contributed by atoms with E-state index in [1.165, 1.54) is 0 Å². The summed E-state index contributed by atoms with van der Waals surface area (Å²) in [7, 11) is 0. The summed E-state index contributed by atoms with van der Waals surface area (Å²) in [5.41, 5.74) is 0. The molecule has 0 aliphatic carbocycles. The first kappa shape index (κ1) is 35.1. The van der Waals surface area contributed by atoms with Crippen molar-refractivity contribution in [1.29, 1.82) is 0 Å². The third-order valence-corrected chi connectivity index (χ3v) is 9.76. The molecule has 4 bridgehead atoms. The van der Waals surface area contributed by atoms with Gasteiger partial charge in [0, 0.05) is 6.92 Å². The summed E-state index contributed by atoms with van der Waals surface area (Å²) in [5, 5.41) is 93.8. The van der Waals surface area contributed by atoms with Gasteiger partial charge in [0.1, 0.15) is 97.7 Å². The second-order valence-electron chi connectivity index (χ2n) is 12.9. The smallest absolute Gasteiger partial charge is 0.364 e. The Balaban J connectivity index is 1.07. The van der Waals surface area contributed by atoms with Gasteiger partial charge in [0.05, 0.1) is 26.4 Å². The second-order valence-corrected chi connectivity index (χ2v) is 12.9. The molecule has 7 heterocycles. The van der Waals surface area contributed by atoms with Crippen LogP contribution in [-0.4, -0.2) is 207 Å². The fraction of sp³-hybridized carbons (Fsp3) is 0.963. The van der Waals surface area contributed by atoms with Crippen molar-refractivity contribution in [3.63, 3.8) is 0 Å². The molecule has 0 amide bonds. The molecule has 0 aromatic carbocycles. The van der Waals surface area contributed by atoms with Gasteiger partial charge in [0.2, 0.25) is 0 Å². The maximum atomic E-state index is 11.9. The van der Waals surface area contributed by atoms with Crippen molar-refractivity contribution in [3.05, 3.63) is 0 Å². The van der Waals surface area contributed by atoms with Gasteiger partial charge in [-0.1, -0.05) is 0 Å². The molecular formula is C27H40O21. The summed E-state index contributed by atoms with van der Waals surface area (Å²) >= 11 is 0. The topological polar surface area (TPSA) is 301 Å². The van der Waals surface area contributed by atoms with E-state index in [1.807, 2.05) is 0 Å². The van der Waals surface area contributed by atoms with Crippen LogP contribution in [0.4, 0.5) is 0 Å². The molecular weight excluding hydrogens is 660 g/mol. The first-order valence-electron chi connectivity index (χ1n) is 15.5. The zero-order chi connectivity index (χ0) is 34.2. The molecule has 48 heavy (non-hydrogen) atoms. The average Bonchev–Trinajstić information content (AvgIpc) is 3.51. The predicted octanol–water partition coefficient (Wildman–Crippen LogP) is -6.79. The summed E-state index contributed by atoms with van der Waals surface area (Å²) in [4.78, 5) is 11.9. The highest BCUT2D eigenvalue weighted by atomic mass is 16.8. The summed E-state index contributed by atoms with van der Waals surface area (Å²) in [6, 6.07) is 0. The molecule has 0 saturated carbocycles. The van der Waals surface area contributed by atoms with E-state index >= 15 is 0 Å². The molecule has 7 rings (SSSR count). The number of fused-ring (bicyclic) bond motifs is 5. The number of hydrogen-bond acceptors (Lipinski definition) is 20. The van der Waals surface area contributed by atoms with E-state index in [0.29, 0.717) is 0 Å². The number of aliphatic carboxylic acids is 1. The molecule has 7 fully saturated rings. The Morgan fingerprint density at radius 3 is 1.94 bits per heavy atom. The minimum absolute atomic E-state index is 0.0230. The lowest BCUT2D eigenvalue weighted by Crippen LogP contribution is -2.69. The second kappa shape index (κ2) is 13.4. The van der Waals surface area contributed by atoms with Crippen LogP contribution < -0.4 is 0 Å². The zero-order valence-electron chi connectivity index (χ0n) is 25.3.